The van der Waals surface area contributed by atoms with Gasteiger partial charge in [-0.15, -0.1) is 0 Å². The van der Waals surface area contributed by atoms with Crippen LogP contribution in [0.15, 0.2) is 0 Å². The van der Waals surface area contributed by atoms with Crippen LogP contribution in [0.3, 0.4) is 0 Å². The lowest BCUT2D eigenvalue weighted by molar-refractivity contribution is -0.129. The van der Waals surface area contributed by atoms with E-state index in [9.17, 15) is 4.79 Å². The maximum atomic E-state index is 12.3. The van der Waals surface area contributed by atoms with Gasteiger partial charge in [-0.1, -0.05) is 52.4 Å². The molecule has 4 unspecified atom stereocenters. The summed E-state index contributed by atoms with van der Waals surface area (Å²) in [5, 5.41) is 0. The molecule has 0 bridgehead atoms. The van der Waals surface area contributed by atoms with Gasteiger partial charge in [-0.3, -0.25) is 4.79 Å². The first kappa shape index (κ1) is 14.1. The highest BCUT2D eigenvalue weighted by Crippen LogP contribution is 2.43. The van der Waals surface area contributed by atoms with E-state index in [1.54, 1.807) is 0 Å². The van der Waals surface area contributed by atoms with Crippen LogP contribution in [0.4, 0.5) is 0 Å². The van der Waals surface area contributed by atoms with Crippen molar-refractivity contribution >= 4 is 5.78 Å². The lowest BCUT2D eigenvalue weighted by atomic mass is 9.64. The largest absolute Gasteiger partial charge is 0.299 e. The summed E-state index contributed by atoms with van der Waals surface area (Å²) in [7, 11) is 0. The highest BCUT2D eigenvalue weighted by atomic mass is 16.1. The SMILES string of the molecule is CCCC1CCC(=O)C(C2CCCCC2CC)C1. The molecule has 4 atom stereocenters. The molecule has 1 nitrogen and oxygen atoms in total. The summed E-state index contributed by atoms with van der Waals surface area (Å²) < 4.78 is 0. The van der Waals surface area contributed by atoms with E-state index in [0.29, 0.717) is 11.7 Å². The van der Waals surface area contributed by atoms with Crippen LogP contribution in [0.2, 0.25) is 0 Å². The molecule has 0 aromatic carbocycles. The molecule has 0 aliphatic heterocycles. The molecule has 0 radical (unpaired) electrons. The molecule has 104 valence electrons. The van der Waals surface area contributed by atoms with E-state index in [-0.39, 0.29) is 0 Å². The smallest absolute Gasteiger partial charge is 0.136 e. The molecule has 0 aromatic heterocycles. The molecular formula is C17H30O. The molecule has 2 aliphatic carbocycles. The van der Waals surface area contributed by atoms with E-state index in [1.807, 2.05) is 0 Å². The molecule has 0 saturated heterocycles. The highest BCUT2D eigenvalue weighted by molar-refractivity contribution is 5.82. The Labute approximate surface area is 113 Å². The zero-order valence-electron chi connectivity index (χ0n) is 12.3. The second kappa shape index (κ2) is 6.73. The van der Waals surface area contributed by atoms with Crippen molar-refractivity contribution in [3.63, 3.8) is 0 Å². The third-order valence-electron chi connectivity index (χ3n) is 5.51. The average molecular weight is 250 g/mol. The highest BCUT2D eigenvalue weighted by Gasteiger charge is 2.38. The number of ketones is 1. The van der Waals surface area contributed by atoms with E-state index in [1.165, 1.54) is 57.8 Å². The summed E-state index contributed by atoms with van der Waals surface area (Å²) in [4.78, 5) is 12.3. The molecule has 0 N–H and O–H groups in total. The van der Waals surface area contributed by atoms with Crippen LogP contribution >= 0.6 is 0 Å². The summed E-state index contributed by atoms with van der Waals surface area (Å²) in [6, 6.07) is 0. The van der Waals surface area contributed by atoms with E-state index in [2.05, 4.69) is 13.8 Å². The average Bonchev–Trinajstić information content (AvgIpc) is 2.41. The van der Waals surface area contributed by atoms with Crippen molar-refractivity contribution < 1.29 is 4.79 Å². The van der Waals surface area contributed by atoms with Crippen LogP contribution < -0.4 is 0 Å². The molecule has 2 saturated carbocycles. The Kier molecular flexibility index (Phi) is 5.26. The van der Waals surface area contributed by atoms with Crippen LogP contribution in [0.1, 0.15) is 78.1 Å². The quantitative estimate of drug-likeness (QED) is 0.687. The van der Waals surface area contributed by atoms with E-state index in [0.717, 1.165) is 24.2 Å². The molecule has 1 heteroatoms. The van der Waals surface area contributed by atoms with Crippen molar-refractivity contribution in [1.82, 2.24) is 0 Å². The lowest BCUT2D eigenvalue weighted by Gasteiger charge is -2.40. The van der Waals surface area contributed by atoms with Gasteiger partial charge in [-0.05, 0) is 37.0 Å². The number of Topliss-reactive ketones (excluding diaryl/α,β-unsaturated/α-hetero) is 1. The lowest BCUT2D eigenvalue weighted by Crippen LogP contribution is -2.36. The predicted molar refractivity (Wildman–Crippen MR) is 76.5 cm³/mol. The number of rotatable bonds is 4. The fourth-order valence-electron chi connectivity index (χ4n) is 4.50. The van der Waals surface area contributed by atoms with Crippen molar-refractivity contribution in [2.75, 3.05) is 0 Å². The summed E-state index contributed by atoms with van der Waals surface area (Å²) in [6.07, 6.45) is 12.6. The van der Waals surface area contributed by atoms with Gasteiger partial charge in [0.1, 0.15) is 5.78 Å². The minimum atomic E-state index is 0.431. The van der Waals surface area contributed by atoms with Crippen molar-refractivity contribution in [2.24, 2.45) is 23.7 Å². The van der Waals surface area contributed by atoms with Crippen LogP contribution in [0.5, 0.6) is 0 Å². The Morgan fingerprint density at radius 2 is 1.89 bits per heavy atom. The fourth-order valence-corrected chi connectivity index (χ4v) is 4.50. The minimum absolute atomic E-state index is 0.431. The Hall–Kier alpha value is -0.330. The van der Waals surface area contributed by atoms with Gasteiger partial charge in [0.15, 0.2) is 0 Å². The second-order valence-electron chi connectivity index (χ2n) is 6.62. The molecule has 0 spiro atoms. The van der Waals surface area contributed by atoms with Crippen molar-refractivity contribution in [3.05, 3.63) is 0 Å². The summed E-state index contributed by atoms with van der Waals surface area (Å²) in [6.45, 7) is 4.60. The second-order valence-corrected chi connectivity index (χ2v) is 6.62. The topological polar surface area (TPSA) is 17.1 Å². The molecule has 0 amide bonds. The Bertz CT molecular complexity index is 271. The van der Waals surface area contributed by atoms with Crippen LogP contribution in [0, 0.1) is 23.7 Å². The molecule has 0 aromatic rings. The van der Waals surface area contributed by atoms with Crippen LogP contribution in [-0.4, -0.2) is 5.78 Å². The van der Waals surface area contributed by atoms with Gasteiger partial charge < -0.3 is 0 Å². The minimum Gasteiger partial charge on any atom is -0.299 e. The molecule has 0 heterocycles. The van der Waals surface area contributed by atoms with Gasteiger partial charge in [0.05, 0.1) is 0 Å². The Morgan fingerprint density at radius 3 is 2.61 bits per heavy atom. The van der Waals surface area contributed by atoms with Crippen LogP contribution in [0.25, 0.3) is 0 Å². The molecule has 2 rings (SSSR count). The van der Waals surface area contributed by atoms with Gasteiger partial charge in [0.2, 0.25) is 0 Å². The van der Waals surface area contributed by atoms with E-state index in [4.69, 9.17) is 0 Å². The molecule has 2 aliphatic rings. The number of hydrogen-bond acceptors (Lipinski definition) is 1. The van der Waals surface area contributed by atoms with Crippen LogP contribution in [-0.2, 0) is 4.79 Å². The zero-order valence-corrected chi connectivity index (χ0v) is 12.3. The van der Waals surface area contributed by atoms with Gasteiger partial charge >= 0.3 is 0 Å². The van der Waals surface area contributed by atoms with Crippen molar-refractivity contribution in [3.8, 4) is 0 Å². The third-order valence-corrected chi connectivity index (χ3v) is 5.51. The first-order valence-corrected chi connectivity index (χ1v) is 8.28. The molecular weight excluding hydrogens is 220 g/mol. The molecule has 2 fully saturated rings. The maximum absolute atomic E-state index is 12.3. The van der Waals surface area contributed by atoms with E-state index < -0.39 is 0 Å². The summed E-state index contributed by atoms with van der Waals surface area (Å²) in [5.74, 6) is 3.45. The van der Waals surface area contributed by atoms with Gasteiger partial charge in [0.25, 0.3) is 0 Å². The normalized spacial score (nSPS) is 37.8. The number of carbonyl (C=O) groups is 1. The maximum Gasteiger partial charge on any atom is 0.136 e. The number of carbonyl (C=O) groups excluding carboxylic acids is 1. The zero-order chi connectivity index (χ0) is 13.0. The summed E-state index contributed by atoms with van der Waals surface area (Å²) >= 11 is 0. The fraction of sp³-hybridized carbons (Fsp3) is 0.941. The standard InChI is InChI=1S/C17H30O/c1-3-7-13-10-11-17(18)16(12-13)15-9-6-5-8-14(15)4-2/h13-16H,3-12H2,1-2H3. The monoisotopic (exact) mass is 250 g/mol. The number of hydrogen-bond donors (Lipinski definition) is 0. The first-order chi connectivity index (χ1) is 8.76. The third kappa shape index (κ3) is 3.16. The summed E-state index contributed by atoms with van der Waals surface area (Å²) in [5.41, 5.74) is 0. The van der Waals surface area contributed by atoms with Gasteiger partial charge in [-0.2, -0.15) is 0 Å². The molecule has 18 heavy (non-hydrogen) atoms. The Balaban J connectivity index is 2.01. The van der Waals surface area contributed by atoms with Gasteiger partial charge in [-0.25, -0.2) is 0 Å². The van der Waals surface area contributed by atoms with Crippen molar-refractivity contribution in [1.29, 1.82) is 0 Å². The Morgan fingerprint density at radius 1 is 1.11 bits per heavy atom. The van der Waals surface area contributed by atoms with Crippen molar-refractivity contribution in [2.45, 2.75) is 78.1 Å². The predicted octanol–water partition coefficient (Wildman–Crippen LogP) is 4.99. The van der Waals surface area contributed by atoms with Gasteiger partial charge in [0, 0.05) is 12.3 Å². The van der Waals surface area contributed by atoms with E-state index >= 15 is 0 Å². The first-order valence-electron chi connectivity index (χ1n) is 8.28.